The zero-order valence-electron chi connectivity index (χ0n) is 9.50. The summed E-state index contributed by atoms with van der Waals surface area (Å²) in [5.74, 6) is 0.987. The molecule has 0 aliphatic carbocycles. The van der Waals surface area contributed by atoms with E-state index in [-0.39, 0.29) is 0 Å². The van der Waals surface area contributed by atoms with Gasteiger partial charge in [-0.25, -0.2) is 0 Å². The third kappa shape index (κ3) is 3.04. The zero-order valence-corrected chi connectivity index (χ0v) is 9.50. The minimum atomic E-state index is 0.987. The second-order valence-corrected chi connectivity index (χ2v) is 3.86. The highest BCUT2D eigenvalue weighted by molar-refractivity contribution is 5.36. The van der Waals surface area contributed by atoms with Gasteiger partial charge in [-0.2, -0.15) is 0 Å². The fourth-order valence-electron chi connectivity index (χ4n) is 1.37. The third-order valence-electron chi connectivity index (χ3n) is 2.32. The Morgan fingerprint density at radius 2 is 2.00 bits per heavy atom. The maximum Gasteiger partial charge on any atom is 0.122 e. The van der Waals surface area contributed by atoms with Gasteiger partial charge in [-0.15, -0.1) is 0 Å². The number of nitrogens with zero attached hydrogens (tertiary/aromatic N) is 1. The maximum absolute atomic E-state index is 5.28. The Hall–Kier alpha value is -1.02. The molecular weight excluding hydrogens is 174 g/mol. The zero-order chi connectivity index (χ0) is 10.6. The van der Waals surface area contributed by atoms with Crippen LogP contribution in [-0.4, -0.2) is 32.6 Å². The summed E-state index contributed by atoms with van der Waals surface area (Å²) in [4.78, 5) is 2.19. The van der Waals surface area contributed by atoms with Gasteiger partial charge < -0.3 is 9.64 Å². The van der Waals surface area contributed by atoms with Crippen molar-refractivity contribution in [3.05, 3.63) is 29.3 Å². The van der Waals surface area contributed by atoms with E-state index >= 15 is 0 Å². The average Bonchev–Trinajstić information content (AvgIpc) is 2.16. The Balaban J connectivity index is 2.69. The van der Waals surface area contributed by atoms with Gasteiger partial charge in [0.1, 0.15) is 5.75 Å². The minimum Gasteiger partial charge on any atom is -0.496 e. The van der Waals surface area contributed by atoms with Crippen molar-refractivity contribution < 1.29 is 4.74 Å². The molecule has 2 nitrogen and oxygen atoms in total. The van der Waals surface area contributed by atoms with Gasteiger partial charge in [-0.3, -0.25) is 0 Å². The van der Waals surface area contributed by atoms with E-state index < -0.39 is 0 Å². The predicted molar refractivity (Wildman–Crippen MR) is 60.0 cm³/mol. The van der Waals surface area contributed by atoms with Crippen LogP contribution in [0.1, 0.15) is 11.1 Å². The molecule has 0 aliphatic heterocycles. The Kier molecular flexibility index (Phi) is 3.96. The molecule has 0 saturated heterocycles. The SMILES string of the molecule is COc1cc(CCN(C)C)ccc1C. The van der Waals surface area contributed by atoms with E-state index in [2.05, 4.69) is 44.1 Å². The number of methoxy groups -OCH3 is 1. The number of hydrogen-bond donors (Lipinski definition) is 0. The van der Waals surface area contributed by atoms with E-state index in [0.717, 1.165) is 18.7 Å². The van der Waals surface area contributed by atoms with E-state index in [1.807, 2.05) is 0 Å². The summed E-state index contributed by atoms with van der Waals surface area (Å²) in [7, 11) is 5.90. The highest BCUT2D eigenvalue weighted by Crippen LogP contribution is 2.19. The molecule has 0 fully saturated rings. The van der Waals surface area contributed by atoms with Gasteiger partial charge >= 0.3 is 0 Å². The van der Waals surface area contributed by atoms with Gasteiger partial charge in [-0.05, 0) is 44.6 Å². The summed E-state index contributed by atoms with van der Waals surface area (Å²) in [6, 6.07) is 6.41. The van der Waals surface area contributed by atoms with Crippen LogP contribution in [0.5, 0.6) is 5.75 Å². The molecule has 78 valence electrons. The number of hydrogen-bond acceptors (Lipinski definition) is 2. The molecule has 0 radical (unpaired) electrons. The molecule has 1 rings (SSSR count). The topological polar surface area (TPSA) is 12.5 Å². The van der Waals surface area contributed by atoms with Crippen molar-refractivity contribution >= 4 is 0 Å². The number of ether oxygens (including phenoxy) is 1. The lowest BCUT2D eigenvalue weighted by Crippen LogP contribution is -2.15. The second kappa shape index (κ2) is 5.01. The van der Waals surface area contributed by atoms with Crippen molar-refractivity contribution in [2.75, 3.05) is 27.7 Å². The van der Waals surface area contributed by atoms with E-state index in [1.165, 1.54) is 11.1 Å². The van der Waals surface area contributed by atoms with E-state index in [9.17, 15) is 0 Å². The number of likely N-dealkylation sites (N-methyl/N-ethyl adjacent to an activating group) is 1. The first-order valence-electron chi connectivity index (χ1n) is 4.91. The lowest BCUT2D eigenvalue weighted by molar-refractivity contribution is 0.405. The maximum atomic E-state index is 5.28. The standard InChI is InChI=1S/C12H19NO/c1-10-5-6-11(7-8-13(2)3)9-12(10)14-4/h5-6,9H,7-8H2,1-4H3. The Bertz CT molecular complexity index is 294. The molecular formula is C12H19NO. The summed E-state index contributed by atoms with van der Waals surface area (Å²) in [6.45, 7) is 3.14. The number of rotatable bonds is 4. The van der Waals surface area contributed by atoms with Crippen LogP contribution < -0.4 is 4.74 Å². The first-order chi connectivity index (χ1) is 6.63. The summed E-state index contributed by atoms with van der Waals surface area (Å²) < 4.78 is 5.28. The Morgan fingerprint density at radius 3 is 2.57 bits per heavy atom. The Morgan fingerprint density at radius 1 is 1.29 bits per heavy atom. The molecule has 0 unspecified atom stereocenters. The quantitative estimate of drug-likeness (QED) is 0.726. The number of benzene rings is 1. The Labute approximate surface area is 86.5 Å². The lowest BCUT2D eigenvalue weighted by Gasteiger charge is -2.11. The van der Waals surface area contributed by atoms with Crippen LogP contribution in [0.15, 0.2) is 18.2 Å². The van der Waals surface area contributed by atoms with Crippen LogP contribution in [0, 0.1) is 6.92 Å². The predicted octanol–water partition coefficient (Wildman–Crippen LogP) is 2.11. The summed E-state index contributed by atoms with van der Waals surface area (Å²) in [5, 5.41) is 0. The molecule has 0 bridgehead atoms. The van der Waals surface area contributed by atoms with E-state index in [4.69, 9.17) is 4.74 Å². The van der Waals surface area contributed by atoms with Gasteiger partial charge in [0, 0.05) is 6.54 Å². The smallest absolute Gasteiger partial charge is 0.122 e. The molecule has 0 aromatic heterocycles. The molecule has 14 heavy (non-hydrogen) atoms. The van der Waals surface area contributed by atoms with Crippen molar-refractivity contribution in [1.29, 1.82) is 0 Å². The van der Waals surface area contributed by atoms with Crippen LogP contribution in [0.3, 0.4) is 0 Å². The molecule has 0 heterocycles. The van der Waals surface area contributed by atoms with Crippen LogP contribution in [0.25, 0.3) is 0 Å². The van der Waals surface area contributed by atoms with Crippen LogP contribution in [0.2, 0.25) is 0 Å². The van der Waals surface area contributed by atoms with Crippen molar-refractivity contribution in [2.24, 2.45) is 0 Å². The summed E-state index contributed by atoms with van der Waals surface area (Å²) in [6.07, 6.45) is 1.07. The molecule has 0 aliphatic rings. The third-order valence-corrected chi connectivity index (χ3v) is 2.32. The van der Waals surface area contributed by atoms with E-state index in [1.54, 1.807) is 7.11 Å². The van der Waals surface area contributed by atoms with E-state index in [0.29, 0.717) is 0 Å². The van der Waals surface area contributed by atoms with Gasteiger partial charge in [0.05, 0.1) is 7.11 Å². The first-order valence-corrected chi connectivity index (χ1v) is 4.91. The minimum absolute atomic E-state index is 0.987. The van der Waals surface area contributed by atoms with Gasteiger partial charge in [-0.1, -0.05) is 12.1 Å². The second-order valence-electron chi connectivity index (χ2n) is 3.86. The molecule has 0 atom stereocenters. The van der Waals surface area contributed by atoms with Crippen molar-refractivity contribution in [2.45, 2.75) is 13.3 Å². The van der Waals surface area contributed by atoms with Crippen molar-refractivity contribution in [3.8, 4) is 5.75 Å². The van der Waals surface area contributed by atoms with Crippen LogP contribution in [-0.2, 0) is 6.42 Å². The molecule has 1 aromatic carbocycles. The lowest BCUT2D eigenvalue weighted by atomic mass is 10.1. The molecule has 0 saturated carbocycles. The van der Waals surface area contributed by atoms with Crippen molar-refractivity contribution in [3.63, 3.8) is 0 Å². The molecule has 1 aromatic rings. The fourth-order valence-corrected chi connectivity index (χ4v) is 1.37. The monoisotopic (exact) mass is 193 g/mol. The van der Waals surface area contributed by atoms with Gasteiger partial charge in [0.2, 0.25) is 0 Å². The molecule has 2 heteroatoms. The molecule has 0 amide bonds. The molecule has 0 N–H and O–H groups in total. The summed E-state index contributed by atoms with van der Waals surface area (Å²) in [5.41, 5.74) is 2.53. The normalized spacial score (nSPS) is 10.6. The van der Waals surface area contributed by atoms with Gasteiger partial charge in [0.15, 0.2) is 0 Å². The average molecular weight is 193 g/mol. The molecule has 0 spiro atoms. The van der Waals surface area contributed by atoms with Gasteiger partial charge in [0.25, 0.3) is 0 Å². The summed E-state index contributed by atoms with van der Waals surface area (Å²) >= 11 is 0. The highest BCUT2D eigenvalue weighted by atomic mass is 16.5. The number of aryl methyl sites for hydroxylation is 1. The largest absolute Gasteiger partial charge is 0.496 e. The van der Waals surface area contributed by atoms with Crippen molar-refractivity contribution in [1.82, 2.24) is 4.90 Å². The first kappa shape index (κ1) is 11.1. The fraction of sp³-hybridized carbons (Fsp3) is 0.500. The highest BCUT2D eigenvalue weighted by Gasteiger charge is 2.00. The van der Waals surface area contributed by atoms with Crippen LogP contribution in [0.4, 0.5) is 0 Å². The van der Waals surface area contributed by atoms with Crippen LogP contribution >= 0.6 is 0 Å².